The number of nitrogen functional groups attached to an aromatic ring is 1. The van der Waals surface area contributed by atoms with Gasteiger partial charge in [-0.1, -0.05) is 27.5 Å². The molecule has 0 aromatic heterocycles. The molecule has 0 bridgehead atoms. The van der Waals surface area contributed by atoms with Gasteiger partial charge in [-0.3, -0.25) is 0 Å². The average Bonchev–Trinajstić information content (AvgIpc) is 2.12. The maximum atomic E-state index is 13.0. The van der Waals surface area contributed by atoms with Crippen molar-refractivity contribution in [2.45, 2.75) is 4.90 Å². The summed E-state index contributed by atoms with van der Waals surface area (Å²) in [4.78, 5) is 0.626. The highest BCUT2D eigenvalue weighted by Gasteiger charge is 2.09. The summed E-state index contributed by atoms with van der Waals surface area (Å²) in [5, 5.41) is 0.940. The summed E-state index contributed by atoms with van der Waals surface area (Å²) in [7, 11) is 0. The van der Waals surface area contributed by atoms with Crippen molar-refractivity contribution in [3.63, 3.8) is 0 Å². The van der Waals surface area contributed by atoms with Gasteiger partial charge in [-0.15, -0.1) is 11.8 Å². The lowest BCUT2D eigenvalue weighted by Crippen LogP contribution is -1.92. The Bertz CT molecular complexity index is 308. The molecule has 5 heteroatoms. The minimum absolute atomic E-state index is 0.117. The Morgan fingerprint density at radius 2 is 2.23 bits per heavy atom. The smallest absolute Gasteiger partial charge is 0.143 e. The van der Waals surface area contributed by atoms with E-state index in [1.807, 2.05) is 0 Å². The van der Waals surface area contributed by atoms with Gasteiger partial charge < -0.3 is 5.73 Å². The highest BCUT2D eigenvalue weighted by Crippen LogP contribution is 2.34. The molecule has 1 nitrogen and oxygen atoms in total. The van der Waals surface area contributed by atoms with Gasteiger partial charge in [-0.2, -0.15) is 0 Å². The zero-order valence-electron chi connectivity index (χ0n) is 6.69. The molecule has 13 heavy (non-hydrogen) atoms. The van der Waals surface area contributed by atoms with E-state index < -0.39 is 5.82 Å². The first-order valence-electron chi connectivity index (χ1n) is 3.59. The van der Waals surface area contributed by atoms with Gasteiger partial charge in [0.2, 0.25) is 0 Å². The van der Waals surface area contributed by atoms with Crippen LogP contribution in [0.4, 0.5) is 10.1 Å². The molecule has 0 aliphatic heterocycles. The molecule has 0 saturated heterocycles. The van der Waals surface area contributed by atoms with Crippen molar-refractivity contribution in [1.82, 2.24) is 0 Å². The van der Waals surface area contributed by atoms with Gasteiger partial charge in [-0.05, 0) is 12.1 Å². The number of hydrogen-bond acceptors (Lipinski definition) is 2. The van der Waals surface area contributed by atoms with E-state index in [1.54, 1.807) is 0 Å². The number of thioether (sulfide) groups is 1. The summed E-state index contributed by atoms with van der Waals surface area (Å²) < 4.78 is 13.0. The molecule has 0 unspecified atom stereocenters. The summed E-state index contributed by atoms with van der Waals surface area (Å²) in [5.41, 5.74) is 6.17. The van der Waals surface area contributed by atoms with Crippen LogP contribution in [0.15, 0.2) is 17.0 Å². The Morgan fingerprint density at radius 3 is 2.85 bits per heavy atom. The number of hydrogen-bond donors (Lipinski definition) is 1. The van der Waals surface area contributed by atoms with Crippen LogP contribution in [0.2, 0.25) is 5.02 Å². The van der Waals surface area contributed by atoms with Crippen molar-refractivity contribution >= 4 is 45.0 Å². The van der Waals surface area contributed by atoms with Crippen LogP contribution < -0.4 is 5.73 Å². The van der Waals surface area contributed by atoms with Gasteiger partial charge in [0, 0.05) is 16.8 Å². The molecule has 0 radical (unpaired) electrons. The third-order valence-electron chi connectivity index (χ3n) is 1.40. The van der Waals surface area contributed by atoms with Crippen molar-refractivity contribution in [2.75, 3.05) is 16.8 Å². The van der Waals surface area contributed by atoms with Crippen LogP contribution in [0.5, 0.6) is 0 Å². The van der Waals surface area contributed by atoms with Crippen LogP contribution in [0.1, 0.15) is 0 Å². The summed E-state index contributed by atoms with van der Waals surface area (Å²) in [6, 6.07) is 2.80. The van der Waals surface area contributed by atoms with Gasteiger partial charge in [0.25, 0.3) is 0 Å². The van der Waals surface area contributed by atoms with Crippen LogP contribution in [0.3, 0.4) is 0 Å². The Labute approximate surface area is 94.0 Å². The quantitative estimate of drug-likeness (QED) is 0.522. The average molecular weight is 285 g/mol. The molecule has 0 fully saturated rings. The maximum absolute atomic E-state index is 13.0. The number of nitrogens with two attached hydrogens (primary N) is 1. The highest BCUT2D eigenvalue weighted by atomic mass is 79.9. The summed E-state index contributed by atoms with van der Waals surface area (Å²) in [6.07, 6.45) is 0. The van der Waals surface area contributed by atoms with E-state index in [9.17, 15) is 4.39 Å². The lowest BCUT2D eigenvalue weighted by Gasteiger charge is -2.06. The number of rotatable bonds is 3. The molecule has 1 rings (SSSR count). The molecule has 0 heterocycles. The Morgan fingerprint density at radius 1 is 1.54 bits per heavy atom. The normalized spacial score (nSPS) is 10.4. The van der Waals surface area contributed by atoms with E-state index >= 15 is 0 Å². The molecule has 1 aromatic carbocycles. The Balaban J connectivity index is 2.96. The molecule has 0 atom stereocenters. The highest BCUT2D eigenvalue weighted by molar-refractivity contribution is 9.09. The van der Waals surface area contributed by atoms with Crippen molar-refractivity contribution in [3.05, 3.63) is 23.0 Å². The second-order valence-corrected chi connectivity index (χ2v) is 4.59. The van der Waals surface area contributed by atoms with Crippen LogP contribution in [0, 0.1) is 5.82 Å². The first-order valence-corrected chi connectivity index (χ1v) is 6.07. The van der Waals surface area contributed by atoms with E-state index in [-0.39, 0.29) is 5.02 Å². The fraction of sp³-hybridized carbons (Fsp3) is 0.250. The zero-order chi connectivity index (χ0) is 9.84. The predicted octanol–water partition coefficient (Wildman–Crippen LogP) is 3.55. The van der Waals surface area contributed by atoms with Crippen molar-refractivity contribution in [3.8, 4) is 0 Å². The van der Waals surface area contributed by atoms with Crippen LogP contribution in [0.25, 0.3) is 0 Å². The van der Waals surface area contributed by atoms with Crippen LogP contribution in [-0.4, -0.2) is 11.1 Å². The second kappa shape index (κ2) is 5.08. The van der Waals surface area contributed by atoms with E-state index in [0.717, 1.165) is 11.1 Å². The number of benzene rings is 1. The van der Waals surface area contributed by atoms with E-state index in [1.165, 1.54) is 23.9 Å². The fourth-order valence-corrected chi connectivity index (χ4v) is 2.40. The SMILES string of the molecule is Nc1ccc(F)c(Cl)c1SCCBr. The fourth-order valence-electron chi connectivity index (χ4n) is 0.834. The number of halogens is 3. The Kier molecular flexibility index (Phi) is 4.35. The van der Waals surface area contributed by atoms with E-state index in [4.69, 9.17) is 17.3 Å². The predicted molar refractivity (Wildman–Crippen MR) is 60.3 cm³/mol. The third-order valence-corrected chi connectivity index (χ3v) is 3.94. The molecule has 0 aliphatic carbocycles. The first-order chi connectivity index (χ1) is 6.16. The van der Waals surface area contributed by atoms with Crippen molar-refractivity contribution in [1.29, 1.82) is 0 Å². The van der Waals surface area contributed by atoms with Gasteiger partial charge in [0.1, 0.15) is 5.82 Å². The lowest BCUT2D eigenvalue weighted by molar-refractivity contribution is 0.625. The van der Waals surface area contributed by atoms with Crippen LogP contribution in [-0.2, 0) is 0 Å². The molecule has 72 valence electrons. The maximum Gasteiger partial charge on any atom is 0.143 e. The second-order valence-electron chi connectivity index (χ2n) is 2.32. The largest absolute Gasteiger partial charge is 0.398 e. The molecular formula is C8H8BrClFNS. The molecule has 0 spiro atoms. The standard InChI is InChI=1S/C8H8BrClFNS/c9-3-4-13-8-6(12)2-1-5(11)7(8)10/h1-2H,3-4,12H2. The molecular weight excluding hydrogens is 277 g/mol. The van der Waals surface area contributed by atoms with E-state index in [2.05, 4.69) is 15.9 Å². The molecule has 0 aliphatic rings. The first kappa shape index (κ1) is 11.1. The molecule has 0 saturated carbocycles. The minimum Gasteiger partial charge on any atom is -0.398 e. The Hall–Kier alpha value is 0.0700. The van der Waals surface area contributed by atoms with Gasteiger partial charge >= 0.3 is 0 Å². The minimum atomic E-state index is -0.423. The topological polar surface area (TPSA) is 26.0 Å². The summed E-state index contributed by atoms with van der Waals surface area (Å²) in [5.74, 6) is 0.390. The monoisotopic (exact) mass is 283 g/mol. The van der Waals surface area contributed by atoms with Gasteiger partial charge in [-0.25, -0.2) is 4.39 Å². The molecule has 2 N–H and O–H groups in total. The van der Waals surface area contributed by atoms with Gasteiger partial charge in [0.05, 0.1) is 9.92 Å². The summed E-state index contributed by atoms with van der Waals surface area (Å²) >= 11 is 10.5. The van der Waals surface area contributed by atoms with Crippen molar-refractivity contribution < 1.29 is 4.39 Å². The number of alkyl halides is 1. The third kappa shape index (κ3) is 2.76. The lowest BCUT2D eigenvalue weighted by atomic mass is 10.3. The molecule has 1 aromatic rings. The van der Waals surface area contributed by atoms with E-state index in [0.29, 0.717) is 10.6 Å². The van der Waals surface area contributed by atoms with Crippen LogP contribution >= 0.6 is 39.3 Å². The molecule has 0 amide bonds. The zero-order valence-corrected chi connectivity index (χ0v) is 9.85. The number of anilines is 1. The van der Waals surface area contributed by atoms with Crippen molar-refractivity contribution in [2.24, 2.45) is 0 Å². The summed E-state index contributed by atoms with van der Waals surface area (Å²) in [6.45, 7) is 0. The van der Waals surface area contributed by atoms with Gasteiger partial charge in [0.15, 0.2) is 0 Å².